The zero-order chi connectivity index (χ0) is 13.4. The van der Waals surface area contributed by atoms with Crippen LogP contribution in [-0.2, 0) is 0 Å². The van der Waals surface area contributed by atoms with Crippen LogP contribution in [0.3, 0.4) is 0 Å². The van der Waals surface area contributed by atoms with Crippen LogP contribution in [0.2, 0.25) is 0 Å². The van der Waals surface area contributed by atoms with Gasteiger partial charge in [-0.3, -0.25) is 0 Å². The molecule has 0 bridgehead atoms. The van der Waals surface area contributed by atoms with Crippen molar-refractivity contribution in [1.82, 2.24) is 5.32 Å². The quantitative estimate of drug-likeness (QED) is 0.722. The van der Waals surface area contributed by atoms with Gasteiger partial charge in [-0.05, 0) is 12.5 Å². The molecule has 0 saturated carbocycles. The highest BCUT2D eigenvalue weighted by Gasteiger charge is 2.02. The zero-order valence-electron chi connectivity index (χ0n) is 11.7. The van der Waals surface area contributed by atoms with E-state index in [4.69, 9.17) is 14.2 Å². The van der Waals surface area contributed by atoms with Crippen molar-refractivity contribution in [2.45, 2.75) is 13.8 Å². The average Bonchev–Trinajstić information content (AvgIpc) is 2.37. The molecule has 4 heteroatoms. The Kier molecular flexibility index (Phi) is 6.36. The predicted molar refractivity (Wildman–Crippen MR) is 72.7 cm³/mol. The molecule has 0 saturated heterocycles. The largest absolute Gasteiger partial charge is 0.496 e. The first kappa shape index (κ1) is 14.6. The molecule has 102 valence electrons. The van der Waals surface area contributed by atoms with E-state index in [9.17, 15) is 0 Å². The molecule has 0 amide bonds. The Hall–Kier alpha value is -1.42. The summed E-state index contributed by atoms with van der Waals surface area (Å²) < 4.78 is 16.0. The lowest BCUT2D eigenvalue weighted by Gasteiger charge is -2.11. The predicted octanol–water partition coefficient (Wildman–Crippen LogP) is 2.33. The van der Waals surface area contributed by atoms with Crippen molar-refractivity contribution in [2.24, 2.45) is 5.92 Å². The second-order valence-electron chi connectivity index (χ2n) is 4.49. The Bertz CT molecular complexity index is 331. The summed E-state index contributed by atoms with van der Waals surface area (Å²) in [7, 11) is 3.26. The summed E-state index contributed by atoms with van der Waals surface area (Å²) >= 11 is 0. The number of hydrogen-bond acceptors (Lipinski definition) is 4. The molecule has 4 nitrogen and oxygen atoms in total. The van der Waals surface area contributed by atoms with Gasteiger partial charge in [-0.1, -0.05) is 13.8 Å². The molecule has 0 spiro atoms. The molecule has 0 radical (unpaired) electrons. The molecule has 1 N–H and O–H groups in total. The fourth-order valence-electron chi connectivity index (χ4n) is 1.50. The van der Waals surface area contributed by atoms with Crippen molar-refractivity contribution in [1.29, 1.82) is 0 Å². The van der Waals surface area contributed by atoms with Crippen molar-refractivity contribution in [3.63, 3.8) is 0 Å². The minimum absolute atomic E-state index is 0.628. The Labute approximate surface area is 109 Å². The number of methoxy groups -OCH3 is 2. The van der Waals surface area contributed by atoms with Gasteiger partial charge in [-0.25, -0.2) is 0 Å². The molecule has 0 aliphatic heterocycles. The maximum Gasteiger partial charge on any atom is 0.126 e. The van der Waals surface area contributed by atoms with Gasteiger partial charge >= 0.3 is 0 Å². The fraction of sp³-hybridized carbons (Fsp3) is 0.571. The van der Waals surface area contributed by atoms with E-state index >= 15 is 0 Å². The van der Waals surface area contributed by atoms with Crippen molar-refractivity contribution in [3.8, 4) is 17.2 Å². The third-order valence-electron chi connectivity index (χ3n) is 2.43. The maximum atomic E-state index is 5.65. The lowest BCUT2D eigenvalue weighted by Crippen LogP contribution is -2.24. The molecule has 1 aromatic rings. The van der Waals surface area contributed by atoms with Crippen LogP contribution in [0.15, 0.2) is 18.2 Å². The third-order valence-corrected chi connectivity index (χ3v) is 2.43. The molecule has 1 aromatic carbocycles. The van der Waals surface area contributed by atoms with Gasteiger partial charge in [-0.2, -0.15) is 0 Å². The standard InChI is InChI=1S/C14H23NO3/c1-11(2)10-15-5-6-18-14-8-12(16-3)7-13(9-14)17-4/h7-9,11,15H,5-6,10H2,1-4H3. The van der Waals surface area contributed by atoms with Crippen LogP contribution >= 0.6 is 0 Å². The first-order valence-electron chi connectivity index (χ1n) is 6.22. The highest BCUT2D eigenvalue weighted by Crippen LogP contribution is 2.27. The van der Waals surface area contributed by atoms with Crippen LogP contribution in [0, 0.1) is 5.92 Å². The van der Waals surface area contributed by atoms with E-state index in [-0.39, 0.29) is 0 Å². The van der Waals surface area contributed by atoms with Gasteiger partial charge in [0.15, 0.2) is 0 Å². The number of hydrogen-bond donors (Lipinski definition) is 1. The molecule has 0 heterocycles. The van der Waals surface area contributed by atoms with Gasteiger partial charge in [0, 0.05) is 24.7 Å². The van der Waals surface area contributed by atoms with Gasteiger partial charge < -0.3 is 19.5 Å². The van der Waals surface area contributed by atoms with Crippen molar-refractivity contribution >= 4 is 0 Å². The van der Waals surface area contributed by atoms with E-state index < -0.39 is 0 Å². The Morgan fingerprint density at radius 2 is 1.56 bits per heavy atom. The minimum atomic E-state index is 0.628. The van der Waals surface area contributed by atoms with E-state index in [2.05, 4.69) is 19.2 Å². The van der Waals surface area contributed by atoms with E-state index in [0.717, 1.165) is 30.3 Å². The highest BCUT2D eigenvalue weighted by atomic mass is 16.5. The molecule has 18 heavy (non-hydrogen) atoms. The van der Waals surface area contributed by atoms with Gasteiger partial charge in [-0.15, -0.1) is 0 Å². The highest BCUT2D eigenvalue weighted by molar-refractivity contribution is 5.41. The number of nitrogens with one attached hydrogen (secondary N) is 1. The average molecular weight is 253 g/mol. The number of benzene rings is 1. The monoisotopic (exact) mass is 253 g/mol. The molecule has 0 aliphatic rings. The third kappa shape index (κ3) is 5.27. The number of rotatable bonds is 8. The summed E-state index contributed by atoms with van der Waals surface area (Å²) in [5, 5.41) is 3.32. The summed E-state index contributed by atoms with van der Waals surface area (Å²) in [6.45, 7) is 6.83. The lowest BCUT2D eigenvalue weighted by atomic mass is 10.2. The lowest BCUT2D eigenvalue weighted by molar-refractivity contribution is 0.305. The normalized spacial score (nSPS) is 10.5. The minimum Gasteiger partial charge on any atom is -0.496 e. The molecular weight excluding hydrogens is 230 g/mol. The molecule has 0 aromatic heterocycles. The van der Waals surface area contributed by atoms with Crippen LogP contribution < -0.4 is 19.5 Å². The maximum absolute atomic E-state index is 5.65. The summed E-state index contributed by atoms with van der Waals surface area (Å²) in [5.41, 5.74) is 0. The van der Waals surface area contributed by atoms with Gasteiger partial charge in [0.05, 0.1) is 14.2 Å². The SMILES string of the molecule is COc1cc(OC)cc(OCCNCC(C)C)c1. The summed E-state index contributed by atoms with van der Waals surface area (Å²) in [4.78, 5) is 0. The van der Waals surface area contributed by atoms with Gasteiger partial charge in [0.25, 0.3) is 0 Å². The smallest absolute Gasteiger partial charge is 0.126 e. The van der Waals surface area contributed by atoms with Crippen molar-refractivity contribution in [3.05, 3.63) is 18.2 Å². The van der Waals surface area contributed by atoms with Gasteiger partial charge in [0.2, 0.25) is 0 Å². The fourth-order valence-corrected chi connectivity index (χ4v) is 1.50. The second-order valence-corrected chi connectivity index (χ2v) is 4.49. The first-order valence-corrected chi connectivity index (χ1v) is 6.22. The van der Waals surface area contributed by atoms with E-state index in [1.54, 1.807) is 14.2 Å². The summed E-state index contributed by atoms with van der Waals surface area (Å²) in [6, 6.07) is 5.53. The molecule has 0 unspecified atom stereocenters. The van der Waals surface area contributed by atoms with Crippen molar-refractivity contribution in [2.75, 3.05) is 33.9 Å². The summed E-state index contributed by atoms with van der Waals surface area (Å²) in [5.74, 6) is 2.89. The summed E-state index contributed by atoms with van der Waals surface area (Å²) in [6.07, 6.45) is 0. The van der Waals surface area contributed by atoms with Crippen LogP contribution in [0.5, 0.6) is 17.2 Å². The van der Waals surface area contributed by atoms with Crippen LogP contribution in [0.25, 0.3) is 0 Å². The van der Waals surface area contributed by atoms with E-state index in [1.165, 1.54) is 0 Å². The van der Waals surface area contributed by atoms with E-state index in [1.807, 2.05) is 18.2 Å². The van der Waals surface area contributed by atoms with E-state index in [0.29, 0.717) is 12.5 Å². The molecule has 0 aliphatic carbocycles. The van der Waals surface area contributed by atoms with Crippen LogP contribution in [-0.4, -0.2) is 33.9 Å². The van der Waals surface area contributed by atoms with Crippen LogP contribution in [0.4, 0.5) is 0 Å². The second kappa shape index (κ2) is 7.82. The van der Waals surface area contributed by atoms with Gasteiger partial charge in [0.1, 0.15) is 23.9 Å². The molecular formula is C14H23NO3. The van der Waals surface area contributed by atoms with Crippen LogP contribution in [0.1, 0.15) is 13.8 Å². The molecule has 0 fully saturated rings. The van der Waals surface area contributed by atoms with Crippen molar-refractivity contribution < 1.29 is 14.2 Å². The topological polar surface area (TPSA) is 39.7 Å². The molecule has 1 rings (SSSR count). The number of ether oxygens (including phenoxy) is 3. The first-order chi connectivity index (χ1) is 8.65. The Balaban J connectivity index is 2.41. The Morgan fingerprint density at radius 1 is 1.00 bits per heavy atom. The zero-order valence-corrected chi connectivity index (χ0v) is 11.7. The molecule has 0 atom stereocenters. The Morgan fingerprint density at radius 3 is 2.06 bits per heavy atom.